The van der Waals surface area contributed by atoms with Gasteiger partial charge in [0.15, 0.2) is 0 Å². The van der Waals surface area contributed by atoms with Crippen molar-refractivity contribution >= 4 is 10.0 Å². The lowest BCUT2D eigenvalue weighted by Crippen LogP contribution is -2.49. The van der Waals surface area contributed by atoms with E-state index in [0.29, 0.717) is 18.0 Å². The van der Waals surface area contributed by atoms with Crippen molar-refractivity contribution in [2.24, 2.45) is 0 Å². The third-order valence-corrected chi connectivity index (χ3v) is 6.54. The molecule has 1 aromatic carbocycles. The van der Waals surface area contributed by atoms with Crippen molar-refractivity contribution in [3.05, 3.63) is 29.8 Å². The minimum Gasteiger partial charge on any atom is -0.372 e. The Kier molecular flexibility index (Phi) is 7.26. The lowest BCUT2D eigenvalue weighted by molar-refractivity contribution is -0.0678. The zero-order chi connectivity index (χ0) is 17.6. The number of nitrogens with zero attached hydrogens (tertiary/aromatic N) is 1. The number of unbranched alkanes of at least 4 members (excludes halogenated alkanes) is 3. The van der Waals surface area contributed by atoms with Crippen LogP contribution in [0.5, 0.6) is 0 Å². The Morgan fingerprint density at radius 3 is 2.33 bits per heavy atom. The maximum atomic E-state index is 13.0. The molecule has 1 fully saturated rings. The molecule has 1 heterocycles. The Labute approximate surface area is 147 Å². The largest absolute Gasteiger partial charge is 0.372 e. The molecule has 1 saturated heterocycles. The van der Waals surface area contributed by atoms with Gasteiger partial charge in [-0.2, -0.15) is 4.31 Å². The number of ether oxygens (including phenoxy) is 1. The van der Waals surface area contributed by atoms with Crippen LogP contribution in [0.4, 0.5) is 0 Å². The second-order valence-electron chi connectivity index (χ2n) is 6.77. The van der Waals surface area contributed by atoms with Gasteiger partial charge in [0, 0.05) is 13.1 Å². The Balaban J connectivity index is 2.08. The van der Waals surface area contributed by atoms with Crippen molar-refractivity contribution in [1.29, 1.82) is 0 Å². The summed E-state index contributed by atoms with van der Waals surface area (Å²) in [6.45, 7) is 7.14. The molecule has 0 radical (unpaired) electrons. The molecule has 5 heteroatoms. The Bertz CT molecular complexity index is 598. The number of rotatable bonds is 8. The quantitative estimate of drug-likeness (QED) is 0.660. The Hall–Kier alpha value is -0.910. The summed E-state index contributed by atoms with van der Waals surface area (Å²) in [6, 6.07) is 7.12. The van der Waals surface area contributed by atoms with Gasteiger partial charge in [-0.25, -0.2) is 8.42 Å². The van der Waals surface area contributed by atoms with Crippen molar-refractivity contribution in [3.63, 3.8) is 0 Å². The third-order valence-electron chi connectivity index (χ3n) is 4.69. The zero-order valence-corrected chi connectivity index (χ0v) is 16.0. The number of hydrogen-bond acceptors (Lipinski definition) is 3. The van der Waals surface area contributed by atoms with Gasteiger partial charge in [0.1, 0.15) is 0 Å². The summed E-state index contributed by atoms with van der Waals surface area (Å²) in [6.07, 6.45) is 6.52. The fourth-order valence-corrected chi connectivity index (χ4v) is 4.63. The molecule has 0 saturated carbocycles. The van der Waals surface area contributed by atoms with Crippen LogP contribution in [-0.4, -0.2) is 38.0 Å². The molecule has 0 aliphatic carbocycles. The van der Waals surface area contributed by atoms with Gasteiger partial charge in [0.25, 0.3) is 0 Å². The summed E-state index contributed by atoms with van der Waals surface area (Å²) in [7, 11) is -3.44. The van der Waals surface area contributed by atoms with Crippen molar-refractivity contribution in [2.45, 2.75) is 76.4 Å². The maximum absolute atomic E-state index is 13.0. The molecule has 1 aromatic rings. The SMILES string of the molecule is CCCCCC[C@@H]1CN(S(=O)(=O)c2ccc(C)cc2)C[C@@H](CC)O1. The van der Waals surface area contributed by atoms with E-state index < -0.39 is 10.0 Å². The lowest BCUT2D eigenvalue weighted by atomic mass is 10.1. The number of morpholine rings is 1. The fourth-order valence-electron chi connectivity index (χ4n) is 3.13. The van der Waals surface area contributed by atoms with Crippen molar-refractivity contribution in [3.8, 4) is 0 Å². The van der Waals surface area contributed by atoms with Gasteiger partial charge in [-0.15, -0.1) is 0 Å². The van der Waals surface area contributed by atoms with Crippen LogP contribution in [-0.2, 0) is 14.8 Å². The van der Waals surface area contributed by atoms with Crippen LogP contribution in [0.3, 0.4) is 0 Å². The predicted octanol–water partition coefficient (Wildman–Crippen LogP) is 4.13. The molecule has 2 rings (SSSR count). The van der Waals surface area contributed by atoms with Gasteiger partial charge in [-0.05, 0) is 31.9 Å². The molecule has 2 atom stereocenters. The smallest absolute Gasteiger partial charge is 0.243 e. The van der Waals surface area contributed by atoms with E-state index in [1.807, 2.05) is 19.1 Å². The molecule has 4 nitrogen and oxygen atoms in total. The molecular formula is C19H31NO3S. The first-order valence-electron chi connectivity index (χ1n) is 9.19. The number of hydrogen-bond donors (Lipinski definition) is 0. The zero-order valence-electron chi connectivity index (χ0n) is 15.2. The number of benzene rings is 1. The molecule has 136 valence electrons. The monoisotopic (exact) mass is 353 g/mol. The first-order valence-corrected chi connectivity index (χ1v) is 10.6. The van der Waals surface area contributed by atoms with E-state index in [2.05, 4.69) is 13.8 Å². The normalized spacial score (nSPS) is 22.6. The second kappa shape index (κ2) is 8.97. The Morgan fingerprint density at radius 2 is 1.71 bits per heavy atom. The van der Waals surface area contributed by atoms with E-state index in [-0.39, 0.29) is 12.2 Å². The molecular weight excluding hydrogens is 322 g/mol. The van der Waals surface area contributed by atoms with E-state index in [4.69, 9.17) is 4.74 Å². The summed E-state index contributed by atoms with van der Waals surface area (Å²) in [5.41, 5.74) is 1.07. The van der Waals surface area contributed by atoms with Gasteiger partial charge in [0.05, 0.1) is 17.1 Å². The number of aryl methyl sites for hydroxylation is 1. The van der Waals surface area contributed by atoms with E-state index in [0.717, 1.165) is 24.8 Å². The van der Waals surface area contributed by atoms with E-state index >= 15 is 0 Å². The van der Waals surface area contributed by atoms with Gasteiger partial charge < -0.3 is 4.74 Å². The molecule has 0 amide bonds. The minimum absolute atomic E-state index is 0.00449. The molecule has 0 unspecified atom stereocenters. The van der Waals surface area contributed by atoms with Crippen molar-refractivity contribution in [2.75, 3.05) is 13.1 Å². The average Bonchev–Trinajstić information content (AvgIpc) is 2.59. The van der Waals surface area contributed by atoms with Crippen LogP contribution in [0.15, 0.2) is 29.2 Å². The van der Waals surface area contributed by atoms with Crippen LogP contribution < -0.4 is 0 Å². The fraction of sp³-hybridized carbons (Fsp3) is 0.684. The highest BCUT2D eigenvalue weighted by molar-refractivity contribution is 7.89. The van der Waals surface area contributed by atoms with Gasteiger partial charge in [0.2, 0.25) is 10.0 Å². The summed E-state index contributed by atoms with van der Waals surface area (Å²) in [4.78, 5) is 0.384. The lowest BCUT2D eigenvalue weighted by Gasteiger charge is -2.37. The first kappa shape index (κ1) is 19.4. The van der Waals surface area contributed by atoms with Crippen LogP contribution in [0.1, 0.15) is 57.9 Å². The van der Waals surface area contributed by atoms with Crippen molar-refractivity contribution < 1.29 is 13.2 Å². The van der Waals surface area contributed by atoms with Crippen molar-refractivity contribution in [1.82, 2.24) is 4.31 Å². The Morgan fingerprint density at radius 1 is 1.04 bits per heavy atom. The minimum atomic E-state index is -3.44. The third kappa shape index (κ3) is 5.04. The summed E-state index contributed by atoms with van der Waals surface area (Å²) in [5, 5.41) is 0. The highest BCUT2D eigenvalue weighted by Gasteiger charge is 2.34. The summed E-state index contributed by atoms with van der Waals surface area (Å²) < 4.78 is 33.6. The maximum Gasteiger partial charge on any atom is 0.243 e. The molecule has 0 N–H and O–H groups in total. The van der Waals surface area contributed by atoms with Crippen LogP contribution in [0, 0.1) is 6.92 Å². The van der Waals surface area contributed by atoms with Crippen LogP contribution in [0.25, 0.3) is 0 Å². The number of sulfonamides is 1. The average molecular weight is 354 g/mol. The van der Waals surface area contributed by atoms with Gasteiger partial charge in [-0.1, -0.05) is 57.2 Å². The topological polar surface area (TPSA) is 46.6 Å². The van der Waals surface area contributed by atoms with E-state index in [1.165, 1.54) is 19.3 Å². The molecule has 24 heavy (non-hydrogen) atoms. The molecule has 0 aromatic heterocycles. The van der Waals surface area contributed by atoms with Gasteiger partial charge >= 0.3 is 0 Å². The second-order valence-corrected chi connectivity index (χ2v) is 8.71. The van der Waals surface area contributed by atoms with Crippen LogP contribution >= 0.6 is 0 Å². The summed E-state index contributed by atoms with van der Waals surface area (Å²) in [5.74, 6) is 0. The first-order chi connectivity index (χ1) is 11.5. The van der Waals surface area contributed by atoms with E-state index in [1.54, 1.807) is 16.4 Å². The van der Waals surface area contributed by atoms with Crippen LogP contribution in [0.2, 0.25) is 0 Å². The molecule has 0 bridgehead atoms. The van der Waals surface area contributed by atoms with E-state index in [9.17, 15) is 8.42 Å². The molecule has 1 aliphatic rings. The molecule has 1 aliphatic heterocycles. The standard InChI is InChI=1S/C19H31NO3S/c1-4-6-7-8-9-18-15-20(14-17(5-2)23-18)24(21,22)19-12-10-16(3)11-13-19/h10-13,17-18H,4-9,14-15H2,1-3H3/t17-,18-/m1/s1. The van der Waals surface area contributed by atoms with Gasteiger partial charge in [-0.3, -0.25) is 0 Å². The highest BCUT2D eigenvalue weighted by atomic mass is 32.2. The predicted molar refractivity (Wildman–Crippen MR) is 97.6 cm³/mol. The summed E-state index contributed by atoms with van der Waals surface area (Å²) >= 11 is 0. The molecule has 0 spiro atoms. The highest BCUT2D eigenvalue weighted by Crippen LogP contribution is 2.24.